The minimum absolute atomic E-state index is 0.0932. The summed E-state index contributed by atoms with van der Waals surface area (Å²) in [6, 6.07) is 17.1. The molecule has 3 aromatic carbocycles. The maximum atomic E-state index is 14.0. The third-order valence-corrected chi connectivity index (χ3v) is 7.19. The first-order valence-electron chi connectivity index (χ1n) is 11.8. The molecule has 1 aromatic heterocycles. The minimum Gasteiger partial charge on any atom is -0.496 e. The molecule has 0 saturated heterocycles. The number of hydrogen-bond donors (Lipinski definition) is 1. The molecule has 1 aliphatic heterocycles. The monoisotopic (exact) mass is 552 g/mol. The zero-order valence-corrected chi connectivity index (χ0v) is 22.2. The van der Waals surface area contributed by atoms with Gasteiger partial charge in [-0.3, -0.25) is 9.69 Å². The van der Waals surface area contributed by atoms with Crippen LogP contribution in [0.4, 0.5) is 10.1 Å². The van der Waals surface area contributed by atoms with Gasteiger partial charge in [0.1, 0.15) is 17.6 Å². The van der Waals surface area contributed by atoms with Crippen molar-refractivity contribution in [3.8, 4) is 17.0 Å². The molecule has 6 nitrogen and oxygen atoms in total. The van der Waals surface area contributed by atoms with Gasteiger partial charge in [0.2, 0.25) is 0 Å². The molecule has 1 amide bonds. The predicted octanol–water partition coefficient (Wildman–Crippen LogP) is 7.64. The number of ether oxygens (including phenoxy) is 1. The molecule has 2 heterocycles. The summed E-state index contributed by atoms with van der Waals surface area (Å²) in [5, 5.41) is 10.1. The van der Waals surface area contributed by atoms with E-state index in [4.69, 9.17) is 27.9 Å². The van der Waals surface area contributed by atoms with Gasteiger partial charge < -0.3 is 14.4 Å². The molecule has 0 fully saturated rings. The zero-order chi connectivity index (χ0) is 27.3. The first kappa shape index (κ1) is 25.8. The van der Waals surface area contributed by atoms with E-state index in [1.165, 1.54) is 31.4 Å². The number of nitrogens with zero attached hydrogens (tertiary/aromatic N) is 2. The first-order chi connectivity index (χ1) is 18.1. The second kappa shape index (κ2) is 9.82. The molecule has 0 spiro atoms. The van der Waals surface area contributed by atoms with Crippen LogP contribution in [0.25, 0.3) is 11.3 Å². The van der Waals surface area contributed by atoms with E-state index in [0.717, 1.165) is 5.56 Å². The van der Waals surface area contributed by atoms with E-state index < -0.39 is 17.8 Å². The van der Waals surface area contributed by atoms with E-state index >= 15 is 0 Å². The van der Waals surface area contributed by atoms with Crippen LogP contribution in [0.15, 0.2) is 66.7 Å². The molecular weight excluding hydrogens is 530 g/mol. The van der Waals surface area contributed by atoms with Gasteiger partial charge in [0.25, 0.3) is 5.91 Å². The Hall–Kier alpha value is -3.81. The molecule has 38 heavy (non-hydrogen) atoms. The second-order valence-corrected chi connectivity index (χ2v) is 10.1. The highest BCUT2D eigenvalue weighted by molar-refractivity contribution is 6.31. The summed E-state index contributed by atoms with van der Waals surface area (Å²) in [5.74, 6) is -1.47. The van der Waals surface area contributed by atoms with Crippen molar-refractivity contribution in [3.63, 3.8) is 0 Å². The molecule has 1 unspecified atom stereocenters. The fourth-order valence-electron chi connectivity index (χ4n) is 5.02. The summed E-state index contributed by atoms with van der Waals surface area (Å²) in [5.41, 5.74) is 3.69. The fourth-order valence-corrected chi connectivity index (χ4v) is 5.32. The lowest BCUT2D eigenvalue weighted by Crippen LogP contribution is -2.30. The highest BCUT2D eigenvalue weighted by Gasteiger charge is 2.43. The maximum absolute atomic E-state index is 14.0. The van der Waals surface area contributed by atoms with Crippen molar-refractivity contribution in [3.05, 3.63) is 105 Å². The Kier molecular flexibility index (Phi) is 6.67. The zero-order valence-electron chi connectivity index (χ0n) is 20.7. The molecule has 0 radical (unpaired) electrons. The highest BCUT2D eigenvalue weighted by atomic mass is 35.5. The Balaban J connectivity index is 1.79. The smallest absolute Gasteiger partial charge is 0.335 e. The van der Waals surface area contributed by atoms with Crippen LogP contribution in [-0.2, 0) is 0 Å². The number of amides is 1. The molecule has 9 heteroatoms. The van der Waals surface area contributed by atoms with E-state index in [9.17, 15) is 19.1 Å². The van der Waals surface area contributed by atoms with Crippen molar-refractivity contribution in [2.45, 2.75) is 25.9 Å². The third-order valence-electron chi connectivity index (χ3n) is 6.65. The van der Waals surface area contributed by atoms with Crippen LogP contribution in [0.1, 0.15) is 57.9 Å². The van der Waals surface area contributed by atoms with Crippen LogP contribution < -0.4 is 9.64 Å². The number of carbonyl (C=O) groups excluding carboxylic acids is 1. The number of methoxy groups -OCH3 is 1. The Labute approximate surface area is 228 Å². The van der Waals surface area contributed by atoms with E-state index in [2.05, 4.69) is 0 Å². The van der Waals surface area contributed by atoms with Gasteiger partial charge in [-0.05, 0) is 74.0 Å². The van der Waals surface area contributed by atoms with Crippen LogP contribution in [0, 0.1) is 5.82 Å². The van der Waals surface area contributed by atoms with E-state index in [0.29, 0.717) is 39.0 Å². The largest absolute Gasteiger partial charge is 0.496 e. The molecule has 1 atom stereocenters. The van der Waals surface area contributed by atoms with Gasteiger partial charge >= 0.3 is 5.97 Å². The molecule has 0 aliphatic carbocycles. The number of halogens is 3. The summed E-state index contributed by atoms with van der Waals surface area (Å²) < 4.78 is 21.6. The molecule has 194 valence electrons. The summed E-state index contributed by atoms with van der Waals surface area (Å²) in [6.07, 6.45) is 0. The number of carboxylic acids is 1. The quantitative estimate of drug-likeness (QED) is 0.266. The molecule has 0 bridgehead atoms. The Bertz CT molecular complexity index is 1580. The molecule has 1 N–H and O–H groups in total. The topological polar surface area (TPSA) is 71.8 Å². The Morgan fingerprint density at radius 1 is 1.00 bits per heavy atom. The number of fused-ring (bicyclic) bond motifs is 1. The molecule has 4 aromatic rings. The molecule has 0 saturated carbocycles. The van der Waals surface area contributed by atoms with E-state index in [-0.39, 0.29) is 22.5 Å². The normalized spacial score (nSPS) is 14.8. The van der Waals surface area contributed by atoms with Crippen LogP contribution in [0.5, 0.6) is 5.75 Å². The number of rotatable bonds is 6. The fraction of sp³-hybridized carbons (Fsp3) is 0.172. The predicted molar refractivity (Wildman–Crippen MR) is 145 cm³/mol. The van der Waals surface area contributed by atoms with E-state index in [1.807, 2.05) is 30.5 Å². The highest BCUT2D eigenvalue weighted by Crippen LogP contribution is 2.47. The lowest BCUT2D eigenvalue weighted by molar-refractivity contribution is 0.0696. The van der Waals surface area contributed by atoms with Crippen molar-refractivity contribution in [2.24, 2.45) is 0 Å². The van der Waals surface area contributed by atoms with Crippen molar-refractivity contribution in [1.82, 2.24) is 4.57 Å². The SMILES string of the molecule is COc1ccc(C(=O)O)cc1-c1cc2c(n1C(C)C)C(c1ccc(Cl)cc1)N(c1ccc(F)c(Cl)c1)C2=O. The number of aromatic nitrogens is 1. The maximum Gasteiger partial charge on any atom is 0.335 e. The second-order valence-electron chi connectivity index (χ2n) is 9.24. The lowest BCUT2D eigenvalue weighted by Gasteiger charge is -2.29. The van der Waals surface area contributed by atoms with Crippen LogP contribution in [0.2, 0.25) is 10.0 Å². The summed E-state index contributed by atoms with van der Waals surface area (Å²) in [7, 11) is 1.51. The number of benzene rings is 3. The van der Waals surface area contributed by atoms with Crippen molar-refractivity contribution >= 4 is 40.8 Å². The summed E-state index contributed by atoms with van der Waals surface area (Å²) in [4.78, 5) is 27.4. The average molecular weight is 553 g/mol. The number of anilines is 1. The van der Waals surface area contributed by atoms with Crippen LogP contribution >= 0.6 is 23.2 Å². The van der Waals surface area contributed by atoms with Crippen molar-refractivity contribution in [1.29, 1.82) is 0 Å². The summed E-state index contributed by atoms with van der Waals surface area (Å²) in [6.45, 7) is 3.97. The number of aromatic carboxylic acids is 1. The van der Waals surface area contributed by atoms with Gasteiger partial charge in [0.15, 0.2) is 0 Å². The Morgan fingerprint density at radius 3 is 2.32 bits per heavy atom. The standard InChI is InChI=1S/C29H23Cl2FN2O4/c1-15(2)33-24(20-12-17(29(36)37)6-11-25(20)38-3)14-21-27(33)26(16-4-7-18(30)8-5-16)34(28(21)35)19-9-10-23(32)22(31)13-19/h4-15,26H,1-3H3,(H,36,37). The van der Waals surface area contributed by atoms with E-state index in [1.54, 1.807) is 35.2 Å². The van der Waals surface area contributed by atoms with Crippen molar-refractivity contribution in [2.75, 3.05) is 12.0 Å². The minimum atomic E-state index is -1.07. The molecule has 5 rings (SSSR count). The van der Waals surface area contributed by atoms with Gasteiger partial charge in [-0.1, -0.05) is 35.3 Å². The van der Waals surface area contributed by atoms with Gasteiger partial charge in [0, 0.05) is 22.3 Å². The lowest BCUT2D eigenvalue weighted by atomic mass is 10.0. The first-order valence-corrected chi connectivity index (χ1v) is 12.6. The van der Waals surface area contributed by atoms with Gasteiger partial charge in [-0.25, -0.2) is 9.18 Å². The number of carboxylic acid groups (broad SMARTS) is 1. The van der Waals surface area contributed by atoms with Gasteiger partial charge in [-0.15, -0.1) is 0 Å². The Morgan fingerprint density at radius 2 is 1.71 bits per heavy atom. The van der Waals surface area contributed by atoms with Gasteiger partial charge in [0.05, 0.1) is 34.6 Å². The average Bonchev–Trinajstić information content (AvgIpc) is 3.41. The third kappa shape index (κ3) is 4.22. The van der Waals surface area contributed by atoms with Crippen molar-refractivity contribution < 1.29 is 23.8 Å². The molecular formula is C29H23Cl2FN2O4. The van der Waals surface area contributed by atoms with Gasteiger partial charge in [-0.2, -0.15) is 0 Å². The van der Waals surface area contributed by atoms with Crippen LogP contribution in [0.3, 0.4) is 0 Å². The molecule has 1 aliphatic rings. The summed E-state index contributed by atoms with van der Waals surface area (Å²) >= 11 is 12.3. The number of carbonyl (C=O) groups is 2. The van der Waals surface area contributed by atoms with Crippen LogP contribution in [-0.4, -0.2) is 28.7 Å². The number of hydrogen-bond acceptors (Lipinski definition) is 3.